The van der Waals surface area contributed by atoms with Crippen LogP contribution in [0.1, 0.15) is 5.56 Å². The summed E-state index contributed by atoms with van der Waals surface area (Å²) in [7, 11) is 3.21. The summed E-state index contributed by atoms with van der Waals surface area (Å²) in [4.78, 5) is 20.2. The largest absolute Gasteiger partial charge is 0.497 e. The van der Waals surface area contributed by atoms with E-state index in [9.17, 15) is 4.79 Å². The average Bonchev–Trinajstić information content (AvgIpc) is 3.06. The molecule has 0 fully saturated rings. The van der Waals surface area contributed by atoms with Gasteiger partial charge in [0.2, 0.25) is 0 Å². The number of rotatable bonds is 4. The predicted molar refractivity (Wildman–Crippen MR) is 100 cm³/mol. The number of H-pyrrole nitrogens is 1. The standard InChI is InChI=1S/C19H16N4O3/c1-25-13-5-3-12(4-6-13)10-21-23-11-20-17-15-9-14(26-2)7-8-16(15)22-18(17)19(23)24/h3-11,22H,1-2H3/b21-10-. The van der Waals surface area contributed by atoms with Crippen molar-refractivity contribution in [2.75, 3.05) is 14.2 Å². The number of methoxy groups -OCH3 is 2. The van der Waals surface area contributed by atoms with Gasteiger partial charge in [0.15, 0.2) is 0 Å². The van der Waals surface area contributed by atoms with Gasteiger partial charge in [0.1, 0.15) is 28.9 Å². The summed E-state index contributed by atoms with van der Waals surface area (Å²) in [6.07, 6.45) is 3.01. The first kappa shape index (κ1) is 15.9. The molecule has 0 unspecified atom stereocenters. The highest BCUT2D eigenvalue weighted by Crippen LogP contribution is 2.25. The van der Waals surface area contributed by atoms with Crippen LogP contribution in [0.2, 0.25) is 0 Å². The maximum atomic E-state index is 12.7. The van der Waals surface area contributed by atoms with Crippen LogP contribution >= 0.6 is 0 Å². The van der Waals surface area contributed by atoms with Crippen molar-refractivity contribution in [3.05, 3.63) is 64.7 Å². The van der Waals surface area contributed by atoms with Crippen molar-refractivity contribution in [2.24, 2.45) is 5.10 Å². The monoisotopic (exact) mass is 348 g/mol. The van der Waals surface area contributed by atoms with E-state index in [1.807, 2.05) is 42.5 Å². The number of nitrogens with one attached hydrogen (secondary N) is 1. The van der Waals surface area contributed by atoms with E-state index in [2.05, 4.69) is 15.1 Å². The van der Waals surface area contributed by atoms with Gasteiger partial charge < -0.3 is 14.5 Å². The third-order valence-electron chi connectivity index (χ3n) is 4.14. The molecule has 0 atom stereocenters. The van der Waals surface area contributed by atoms with E-state index in [1.54, 1.807) is 20.4 Å². The fourth-order valence-electron chi connectivity index (χ4n) is 2.75. The smallest absolute Gasteiger partial charge is 0.298 e. The minimum atomic E-state index is -0.269. The molecule has 0 spiro atoms. The van der Waals surface area contributed by atoms with Gasteiger partial charge in [-0.3, -0.25) is 4.79 Å². The van der Waals surface area contributed by atoms with Crippen LogP contribution < -0.4 is 15.0 Å². The summed E-state index contributed by atoms with van der Waals surface area (Å²) in [5, 5.41) is 5.05. The van der Waals surface area contributed by atoms with Crippen LogP contribution in [0.3, 0.4) is 0 Å². The third-order valence-corrected chi connectivity index (χ3v) is 4.14. The molecule has 0 radical (unpaired) electrons. The second-order valence-electron chi connectivity index (χ2n) is 5.67. The molecular weight excluding hydrogens is 332 g/mol. The van der Waals surface area contributed by atoms with Gasteiger partial charge in [-0.25, -0.2) is 4.98 Å². The van der Waals surface area contributed by atoms with Crippen molar-refractivity contribution in [1.82, 2.24) is 14.6 Å². The van der Waals surface area contributed by atoms with Crippen LogP contribution in [0.25, 0.3) is 21.9 Å². The topological polar surface area (TPSA) is 81.5 Å². The SMILES string of the molecule is COc1ccc(/C=N\n2cnc3c([nH]c4ccc(OC)cc43)c2=O)cc1. The Bertz CT molecular complexity index is 1170. The Kier molecular flexibility index (Phi) is 3.89. The maximum Gasteiger partial charge on any atom is 0.298 e. The van der Waals surface area contributed by atoms with E-state index in [-0.39, 0.29) is 5.56 Å². The first-order valence-electron chi connectivity index (χ1n) is 7.95. The Morgan fingerprint density at radius 3 is 2.54 bits per heavy atom. The average molecular weight is 348 g/mol. The van der Waals surface area contributed by atoms with Gasteiger partial charge in [0.25, 0.3) is 5.56 Å². The number of hydrogen-bond acceptors (Lipinski definition) is 5. The third kappa shape index (κ3) is 2.69. The highest BCUT2D eigenvalue weighted by Gasteiger charge is 2.11. The Morgan fingerprint density at radius 1 is 1.08 bits per heavy atom. The van der Waals surface area contributed by atoms with Gasteiger partial charge in [-0.15, -0.1) is 0 Å². The van der Waals surface area contributed by atoms with Crippen molar-refractivity contribution in [1.29, 1.82) is 0 Å². The molecule has 4 rings (SSSR count). The van der Waals surface area contributed by atoms with Crippen molar-refractivity contribution >= 4 is 28.2 Å². The molecule has 7 nitrogen and oxygen atoms in total. The van der Waals surface area contributed by atoms with Crippen molar-refractivity contribution in [3.63, 3.8) is 0 Å². The molecule has 0 aliphatic heterocycles. The van der Waals surface area contributed by atoms with Crippen LogP contribution in [0.4, 0.5) is 0 Å². The summed E-state index contributed by atoms with van der Waals surface area (Å²) in [6.45, 7) is 0. The number of nitrogens with zero attached hydrogens (tertiary/aromatic N) is 3. The normalized spacial score (nSPS) is 11.5. The second-order valence-corrected chi connectivity index (χ2v) is 5.67. The van der Waals surface area contributed by atoms with Crippen LogP contribution in [-0.2, 0) is 0 Å². The zero-order valence-electron chi connectivity index (χ0n) is 14.3. The Hall–Kier alpha value is -3.61. The Morgan fingerprint density at radius 2 is 1.81 bits per heavy atom. The van der Waals surface area contributed by atoms with E-state index in [1.165, 1.54) is 11.0 Å². The van der Waals surface area contributed by atoms with Crippen LogP contribution in [0.15, 0.2) is 58.7 Å². The summed E-state index contributed by atoms with van der Waals surface area (Å²) >= 11 is 0. The molecule has 4 aromatic rings. The number of fused-ring (bicyclic) bond motifs is 3. The molecule has 0 bridgehead atoms. The van der Waals surface area contributed by atoms with Gasteiger partial charge in [0.05, 0.1) is 20.4 Å². The fraction of sp³-hybridized carbons (Fsp3) is 0.105. The van der Waals surface area contributed by atoms with E-state index >= 15 is 0 Å². The zero-order valence-corrected chi connectivity index (χ0v) is 14.3. The molecule has 7 heteroatoms. The lowest BCUT2D eigenvalue weighted by Crippen LogP contribution is -2.17. The number of aromatic amines is 1. The molecule has 0 aliphatic carbocycles. The molecule has 2 aromatic heterocycles. The molecular formula is C19H16N4O3. The van der Waals surface area contributed by atoms with Gasteiger partial charge in [0, 0.05) is 10.9 Å². The van der Waals surface area contributed by atoms with Crippen molar-refractivity contribution < 1.29 is 9.47 Å². The zero-order chi connectivity index (χ0) is 18.1. The van der Waals surface area contributed by atoms with Crippen LogP contribution in [-0.4, -0.2) is 35.1 Å². The summed E-state index contributed by atoms with van der Waals surface area (Å²) in [5.41, 5.74) is 2.40. The van der Waals surface area contributed by atoms with Gasteiger partial charge in [-0.05, 0) is 48.0 Å². The summed E-state index contributed by atoms with van der Waals surface area (Å²) in [6, 6.07) is 12.9. The van der Waals surface area contributed by atoms with Gasteiger partial charge in [-0.2, -0.15) is 9.78 Å². The molecule has 2 heterocycles. The fourth-order valence-corrected chi connectivity index (χ4v) is 2.75. The Labute approximate surface area is 148 Å². The number of hydrogen-bond donors (Lipinski definition) is 1. The summed E-state index contributed by atoms with van der Waals surface area (Å²) in [5.74, 6) is 1.47. The molecule has 130 valence electrons. The minimum absolute atomic E-state index is 0.269. The van der Waals surface area contributed by atoms with E-state index < -0.39 is 0 Å². The highest BCUT2D eigenvalue weighted by atomic mass is 16.5. The lowest BCUT2D eigenvalue weighted by molar-refractivity contribution is 0.415. The van der Waals surface area contributed by atoms with Crippen LogP contribution in [0, 0.1) is 0 Å². The molecule has 0 aliphatic rings. The van der Waals surface area contributed by atoms with E-state index in [4.69, 9.17) is 9.47 Å². The number of ether oxygens (including phenoxy) is 2. The summed E-state index contributed by atoms with van der Waals surface area (Å²) < 4.78 is 11.6. The van der Waals surface area contributed by atoms with Gasteiger partial charge >= 0.3 is 0 Å². The van der Waals surface area contributed by atoms with Gasteiger partial charge in [-0.1, -0.05) is 0 Å². The molecule has 0 saturated heterocycles. The lowest BCUT2D eigenvalue weighted by Gasteiger charge is -2.00. The lowest BCUT2D eigenvalue weighted by atomic mass is 10.2. The van der Waals surface area contributed by atoms with Crippen molar-refractivity contribution in [2.45, 2.75) is 0 Å². The quantitative estimate of drug-likeness (QED) is 0.575. The second kappa shape index (κ2) is 6.36. The maximum absolute atomic E-state index is 12.7. The molecule has 2 aromatic carbocycles. The van der Waals surface area contributed by atoms with Crippen LogP contribution in [0.5, 0.6) is 11.5 Å². The van der Waals surface area contributed by atoms with Crippen molar-refractivity contribution in [3.8, 4) is 11.5 Å². The predicted octanol–water partition coefficient (Wildman–Crippen LogP) is 2.78. The van der Waals surface area contributed by atoms with E-state index in [0.717, 1.165) is 22.2 Å². The first-order valence-corrected chi connectivity index (χ1v) is 7.95. The minimum Gasteiger partial charge on any atom is -0.497 e. The molecule has 0 saturated carbocycles. The molecule has 0 amide bonds. The Balaban J connectivity index is 1.76. The molecule has 26 heavy (non-hydrogen) atoms. The first-order chi connectivity index (χ1) is 12.7. The highest BCUT2D eigenvalue weighted by molar-refractivity contribution is 6.04. The van der Waals surface area contributed by atoms with E-state index in [0.29, 0.717) is 16.8 Å². The number of benzene rings is 2. The molecule has 1 N–H and O–H groups in total. The number of aromatic nitrogens is 3.